The van der Waals surface area contributed by atoms with Crippen LogP contribution < -0.4 is 5.32 Å². The van der Waals surface area contributed by atoms with Crippen LogP contribution in [0.15, 0.2) is 35.8 Å². The summed E-state index contributed by atoms with van der Waals surface area (Å²) in [6, 6.07) is 8.93. The Morgan fingerprint density at radius 2 is 2.05 bits per heavy atom. The predicted octanol–water partition coefficient (Wildman–Crippen LogP) is 3.42. The summed E-state index contributed by atoms with van der Waals surface area (Å²) in [7, 11) is 0. The van der Waals surface area contributed by atoms with Crippen molar-refractivity contribution in [3.05, 3.63) is 41.7 Å². The summed E-state index contributed by atoms with van der Waals surface area (Å²) < 4.78 is 27.8. The van der Waals surface area contributed by atoms with Crippen molar-refractivity contribution < 1.29 is 8.78 Å². The second-order valence-electron chi connectivity index (χ2n) is 4.51. The van der Waals surface area contributed by atoms with Crippen molar-refractivity contribution in [3.8, 4) is 0 Å². The van der Waals surface area contributed by atoms with E-state index in [9.17, 15) is 8.78 Å². The van der Waals surface area contributed by atoms with E-state index in [1.165, 1.54) is 0 Å². The van der Waals surface area contributed by atoms with Gasteiger partial charge in [-0.2, -0.15) is 4.52 Å². The highest BCUT2D eigenvalue weighted by Crippen LogP contribution is 2.24. The minimum absolute atomic E-state index is 0.274. The van der Waals surface area contributed by atoms with Gasteiger partial charge in [0.25, 0.3) is 6.43 Å². The number of benzene rings is 1. The fourth-order valence-corrected chi connectivity index (χ4v) is 2.75. The van der Waals surface area contributed by atoms with Gasteiger partial charge in [-0.15, -0.1) is 26.6 Å². The topological polar surface area (TPSA) is 68.0 Å². The molecule has 3 heterocycles. The average Bonchev–Trinajstić information content (AvgIpc) is 3.12. The normalized spacial score (nSPS) is 11.6. The fourth-order valence-electron chi connectivity index (χ4n) is 2.09. The highest BCUT2D eigenvalue weighted by molar-refractivity contribution is 7.16. The highest BCUT2D eigenvalue weighted by Gasteiger charge is 2.17. The van der Waals surface area contributed by atoms with E-state index in [-0.39, 0.29) is 5.65 Å². The Bertz CT molecular complexity index is 963. The van der Waals surface area contributed by atoms with Gasteiger partial charge in [-0.05, 0) is 30.3 Å². The maximum atomic E-state index is 12.8. The fraction of sp³-hybridized carbons (Fsp3) is 0.0769. The molecule has 0 spiro atoms. The molecule has 0 atom stereocenters. The average molecular weight is 318 g/mol. The van der Waals surface area contributed by atoms with E-state index < -0.39 is 12.2 Å². The third-order valence-electron chi connectivity index (χ3n) is 3.08. The summed E-state index contributed by atoms with van der Waals surface area (Å²) in [5.41, 5.74) is 3.69. The molecule has 0 fully saturated rings. The number of rotatable bonds is 3. The van der Waals surface area contributed by atoms with Gasteiger partial charge in [-0.25, -0.2) is 13.8 Å². The van der Waals surface area contributed by atoms with Crippen molar-refractivity contribution in [3.63, 3.8) is 0 Å². The molecule has 0 unspecified atom stereocenters. The van der Waals surface area contributed by atoms with Crippen molar-refractivity contribution >= 4 is 38.7 Å². The van der Waals surface area contributed by atoms with E-state index in [1.54, 1.807) is 29.0 Å². The molecule has 3 aromatic heterocycles. The van der Waals surface area contributed by atoms with Crippen molar-refractivity contribution in [2.24, 2.45) is 0 Å². The molecule has 0 aliphatic rings. The van der Waals surface area contributed by atoms with Crippen LogP contribution in [0.3, 0.4) is 0 Å². The van der Waals surface area contributed by atoms with Gasteiger partial charge >= 0.3 is 0 Å². The summed E-state index contributed by atoms with van der Waals surface area (Å²) in [5, 5.41) is 14.3. The molecule has 0 amide bonds. The van der Waals surface area contributed by atoms with Crippen molar-refractivity contribution in [2.45, 2.75) is 6.43 Å². The van der Waals surface area contributed by atoms with E-state index in [0.717, 1.165) is 20.4 Å². The SMILES string of the molecule is FC(F)c1nnc2ccc(Nc3ccc4scnc4c3)nn12. The molecular weight excluding hydrogens is 310 g/mol. The Kier molecular flexibility index (Phi) is 2.93. The maximum Gasteiger partial charge on any atom is 0.299 e. The van der Waals surface area contributed by atoms with Crippen LogP contribution in [-0.2, 0) is 0 Å². The van der Waals surface area contributed by atoms with Gasteiger partial charge in [0, 0.05) is 5.69 Å². The number of hydrogen-bond donors (Lipinski definition) is 1. The summed E-state index contributed by atoms with van der Waals surface area (Å²) in [5.74, 6) is -0.0580. The molecular formula is C13H8F2N6S. The van der Waals surface area contributed by atoms with Gasteiger partial charge in [-0.1, -0.05) is 0 Å². The number of hydrogen-bond acceptors (Lipinski definition) is 6. The third-order valence-corrected chi connectivity index (χ3v) is 3.89. The maximum absolute atomic E-state index is 12.8. The molecule has 110 valence electrons. The van der Waals surface area contributed by atoms with E-state index in [1.807, 2.05) is 18.2 Å². The summed E-state index contributed by atoms with van der Waals surface area (Å²) in [6.07, 6.45) is -2.73. The molecule has 4 rings (SSSR count). The van der Waals surface area contributed by atoms with Crippen LogP contribution in [0.1, 0.15) is 12.2 Å². The van der Waals surface area contributed by atoms with Crippen LogP contribution in [0.4, 0.5) is 20.3 Å². The lowest BCUT2D eigenvalue weighted by atomic mass is 10.3. The largest absolute Gasteiger partial charge is 0.339 e. The Morgan fingerprint density at radius 3 is 2.91 bits per heavy atom. The third kappa shape index (κ3) is 2.15. The lowest BCUT2D eigenvalue weighted by Crippen LogP contribution is -2.02. The van der Waals surface area contributed by atoms with Gasteiger partial charge in [0.15, 0.2) is 11.5 Å². The van der Waals surface area contributed by atoms with E-state index >= 15 is 0 Å². The summed E-state index contributed by atoms with van der Waals surface area (Å²) in [4.78, 5) is 4.23. The van der Waals surface area contributed by atoms with Crippen molar-refractivity contribution in [2.75, 3.05) is 5.32 Å². The number of halogens is 2. The smallest absolute Gasteiger partial charge is 0.299 e. The minimum atomic E-state index is -2.73. The van der Waals surface area contributed by atoms with Crippen molar-refractivity contribution in [1.82, 2.24) is 24.8 Å². The van der Waals surface area contributed by atoms with E-state index in [2.05, 4.69) is 25.6 Å². The predicted molar refractivity (Wildman–Crippen MR) is 78.6 cm³/mol. The Morgan fingerprint density at radius 1 is 1.14 bits per heavy atom. The van der Waals surface area contributed by atoms with Gasteiger partial charge in [0.05, 0.1) is 15.7 Å². The molecule has 4 aromatic rings. The molecule has 0 bridgehead atoms. The number of thiazole rings is 1. The number of anilines is 2. The Balaban J connectivity index is 1.72. The van der Waals surface area contributed by atoms with Gasteiger partial charge < -0.3 is 5.32 Å². The number of fused-ring (bicyclic) bond motifs is 2. The molecule has 22 heavy (non-hydrogen) atoms. The minimum Gasteiger partial charge on any atom is -0.339 e. The Hall–Kier alpha value is -2.68. The summed E-state index contributed by atoms with van der Waals surface area (Å²) >= 11 is 1.55. The van der Waals surface area contributed by atoms with Crippen LogP contribution in [0.2, 0.25) is 0 Å². The molecule has 0 saturated heterocycles. The molecule has 0 aliphatic heterocycles. The first-order valence-electron chi connectivity index (χ1n) is 6.31. The zero-order valence-corrected chi connectivity index (χ0v) is 11.8. The first-order chi connectivity index (χ1) is 10.7. The van der Waals surface area contributed by atoms with E-state index in [4.69, 9.17) is 0 Å². The van der Waals surface area contributed by atoms with Gasteiger partial charge in [0.1, 0.15) is 0 Å². The first-order valence-corrected chi connectivity index (χ1v) is 7.19. The lowest BCUT2D eigenvalue weighted by Gasteiger charge is -2.06. The van der Waals surface area contributed by atoms with Crippen LogP contribution in [0, 0.1) is 0 Å². The number of alkyl halides is 2. The molecule has 1 aromatic carbocycles. The summed E-state index contributed by atoms with van der Waals surface area (Å²) in [6.45, 7) is 0. The van der Waals surface area contributed by atoms with Crippen molar-refractivity contribution in [1.29, 1.82) is 0 Å². The molecule has 9 heteroatoms. The van der Waals surface area contributed by atoms with E-state index in [0.29, 0.717) is 5.82 Å². The number of nitrogens with zero attached hydrogens (tertiary/aromatic N) is 5. The zero-order valence-electron chi connectivity index (χ0n) is 10.9. The quantitative estimate of drug-likeness (QED) is 0.627. The molecule has 6 nitrogen and oxygen atoms in total. The molecule has 0 aliphatic carbocycles. The molecule has 1 N–H and O–H groups in total. The lowest BCUT2D eigenvalue weighted by molar-refractivity contribution is 0.137. The second-order valence-corrected chi connectivity index (χ2v) is 5.39. The van der Waals surface area contributed by atoms with Gasteiger partial charge in [0.2, 0.25) is 5.82 Å². The molecule has 0 radical (unpaired) electrons. The first kappa shape index (κ1) is 13.0. The molecule has 0 saturated carbocycles. The standard InChI is InChI=1S/C13H8F2N6S/c14-12(15)13-19-18-11-4-3-10(20-21(11)13)17-7-1-2-9-8(5-7)16-6-22-9/h1-6,12H,(H,17,20). The van der Waals surface area contributed by atoms with Crippen LogP contribution >= 0.6 is 11.3 Å². The number of aromatic nitrogens is 5. The van der Waals surface area contributed by atoms with Crippen LogP contribution in [-0.4, -0.2) is 24.8 Å². The van der Waals surface area contributed by atoms with Crippen LogP contribution in [0.25, 0.3) is 15.9 Å². The Labute approximate surface area is 126 Å². The van der Waals surface area contributed by atoms with Crippen LogP contribution in [0.5, 0.6) is 0 Å². The van der Waals surface area contributed by atoms with Gasteiger partial charge in [-0.3, -0.25) is 0 Å². The number of nitrogens with one attached hydrogen (secondary N) is 1. The monoisotopic (exact) mass is 318 g/mol. The second kappa shape index (κ2) is 4.95. The highest BCUT2D eigenvalue weighted by atomic mass is 32.1. The zero-order chi connectivity index (χ0) is 15.1.